The third kappa shape index (κ3) is 4.61. The van der Waals surface area contributed by atoms with Crippen molar-refractivity contribution >= 4 is 11.9 Å². The van der Waals surface area contributed by atoms with Crippen LogP contribution in [0.5, 0.6) is 0 Å². The first kappa shape index (κ1) is 13.0. The van der Waals surface area contributed by atoms with E-state index >= 15 is 0 Å². The molecule has 0 saturated heterocycles. The number of nitrogens with one attached hydrogen (secondary N) is 2. The van der Waals surface area contributed by atoms with E-state index in [9.17, 15) is 9.59 Å². The third-order valence-electron chi connectivity index (χ3n) is 2.66. The minimum atomic E-state index is -0.981. The van der Waals surface area contributed by atoms with Crippen molar-refractivity contribution in [3.63, 3.8) is 0 Å². The molecule has 0 aliphatic heterocycles. The SMILES string of the molecule is CC(C)C(NC(=O)CNCC1CC1)C(=O)O. The quantitative estimate of drug-likeness (QED) is 0.582. The molecule has 0 spiro atoms. The smallest absolute Gasteiger partial charge is 0.326 e. The van der Waals surface area contributed by atoms with E-state index in [4.69, 9.17) is 5.11 Å². The minimum absolute atomic E-state index is 0.107. The van der Waals surface area contributed by atoms with Gasteiger partial charge in [0.05, 0.1) is 6.54 Å². The van der Waals surface area contributed by atoms with Gasteiger partial charge in [-0.05, 0) is 31.2 Å². The number of carboxylic acid groups (broad SMARTS) is 1. The Balaban J connectivity index is 2.21. The normalized spacial score (nSPS) is 17.2. The van der Waals surface area contributed by atoms with Crippen molar-refractivity contribution in [2.45, 2.75) is 32.7 Å². The number of carbonyl (C=O) groups excluding carboxylic acids is 1. The van der Waals surface area contributed by atoms with Gasteiger partial charge in [-0.3, -0.25) is 4.79 Å². The molecule has 92 valence electrons. The third-order valence-corrected chi connectivity index (χ3v) is 2.66. The molecule has 16 heavy (non-hydrogen) atoms. The summed E-state index contributed by atoms with van der Waals surface area (Å²) in [6.07, 6.45) is 2.47. The molecular weight excluding hydrogens is 208 g/mol. The fourth-order valence-corrected chi connectivity index (χ4v) is 1.45. The molecule has 1 rings (SSSR count). The van der Waals surface area contributed by atoms with Gasteiger partial charge in [0.15, 0.2) is 0 Å². The second kappa shape index (κ2) is 5.84. The van der Waals surface area contributed by atoms with Crippen LogP contribution in [0.25, 0.3) is 0 Å². The molecule has 0 radical (unpaired) electrons. The average Bonchev–Trinajstić information content (AvgIpc) is 2.97. The highest BCUT2D eigenvalue weighted by molar-refractivity contribution is 5.84. The summed E-state index contributed by atoms with van der Waals surface area (Å²) in [5.74, 6) is -0.620. The summed E-state index contributed by atoms with van der Waals surface area (Å²) >= 11 is 0. The molecule has 1 aliphatic rings. The van der Waals surface area contributed by atoms with Crippen LogP contribution in [0.1, 0.15) is 26.7 Å². The number of amides is 1. The number of rotatable bonds is 7. The Hall–Kier alpha value is -1.10. The molecule has 3 N–H and O–H groups in total. The van der Waals surface area contributed by atoms with Crippen molar-refractivity contribution in [1.29, 1.82) is 0 Å². The monoisotopic (exact) mass is 228 g/mol. The lowest BCUT2D eigenvalue weighted by Crippen LogP contribution is -2.47. The molecular formula is C11H20N2O3. The second-order valence-corrected chi connectivity index (χ2v) is 4.70. The maximum Gasteiger partial charge on any atom is 0.326 e. The lowest BCUT2D eigenvalue weighted by Gasteiger charge is -2.17. The summed E-state index contributed by atoms with van der Waals surface area (Å²) in [6, 6.07) is -0.796. The van der Waals surface area contributed by atoms with Gasteiger partial charge in [-0.25, -0.2) is 4.79 Å². The highest BCUT2D eigenvalue weighted by Gasteiger charge is 2.24. The Bertz CT molecular complexity index is 262. The van der Waals surface area contributed by atoms with Gasteiger partial charge in [-0.15, -0.1) is 0 Å². The molecule has 0 heterocycles. The predicted molar refractivity (Wildman–Crippen MR) is 60.0 cm³/mol. The molecule has 1 aliphatic carbocycles. The zero-order valence-electron chi connectivity index (χ0n) is 9.82. The van der Waals surface area contributed by atoms with Gasteiger partial charge in [0.1, 0.15) is 6.04 Å². The fourth-order valence-electron chi connectivity index (χ4n) is 1.45. The molecule has 0 aromatic rings. The summed E-state index contributed by atoms with van der Waals surface area (Å²) in [4.78, 5) is 22.3. The predicted octanol–water partition coefficient (Wildman–Crippen LogP) is 0.211. The van der Waals surface area contributed by atoms with Gasteiger partial charge in [-0.2, -0.15) is 0 Å². The van der Waals surface area contributed by atoms with Gasteiger partial charge in [-0.1, -0.05) is 13.8 Å². The van der Waals surface area contributed by atoms with Crippen molar-refractivity contribution in [3.05, 3.63) is 0 Å². The summed E-state index contributed by atoms with van der Waals surface area (Å²) < 4.78 is 0. The maximum atomic E-state index is 11.4. The molecule has 0 bridgehead atoms. The van der Waals surface area contributed by atoms with Gasteiger partial charge >= 0.3 is 5.97 Å². The largest absolute Gasteiger partial charge is 0.480 e. The number of hydrogen-bond donors (Lipinski definition) is 3. The topological polar surface area (TPSA) is 78.4 Å². The summed E-state index contributed by atoms with van der Waals surface area (Å²) in [7, 11) is 0. The molecule has 1 atom stereocenters. The molecule has 1 fully saturated rings. The van der Waals surface area contributed by atoms with Crippen molar-refractivity contribution in [2.24, 2.45) is 11.8 Å². The number of hydrogen-bond acceptors (Lipinski definition) is 3. The molecule has 1 unspecified atom stereocenters. The molecule has 5 nitrogen and oxygen atoms in total. The van der Waals surface area contributed by atoms with Crippen molar-refractivity contribution in [1.82, 2.24) is 10.6 Å². The van der Waals surface area contributed by atoms with Crippen LogP contribution < -0.4 is 10.6 Å². The van der Waals surface area contributed by atoms with E-state index in [1.807, 2.05) is 0 Å². The van der Waals surface area contributed by atoms with Gasteiger partial charge < -0.3 is 15.7 Å². The summed E-state index contributed by atoms with van der Waals surface area (Å²) in [5, 5.41) is 14.4. The maximum absolute atomic E-state index is 11.4. The van der Waals surface area contributed by atoms with Crippen LogP contribution in [0.2, 0.25) is 0 Å². The van der Waals surface area contributed by atoms with Crippen LogP contribution in [0.3, 0.4) is 0 Å². The van der Waals surface area contributed by atoms with Crippen molar-refractivity contribution in [3.8, 4) is 0 Å². The van der Waals surface area contributed by atoms with Gasteiger partial charge in [0.25, 0.3) is 0 Å². The van der Waals surface area contributed by atoms with Gasteiger partial charge in [0, 0.05) is 0 Å². The van der Waals surface area contributed by atoms with Crippen LogP contribution in [0.15, 0.2) is 0 Å². The zero-order chi connectivity index (χ0) is 12.1. The average molecular weight is 228 g/mol. The highest BCUT2D eigenvalue weighted by atomic mass is 16.4. The van der Waals surface area contributed by atoms with E-state index in [0.29, 0.717) is 5.92 Å². The molecule has 1 saturated carbocycles. The lowest BCUT2D eigenvalue weighted by atomic mass is 10.1. The van der Waals surface area contributed by atoms with E-state index in [0.717, 1.165) is 6.54 Å². The molecule has 0 aromatic carbocycles. The van der Waals surface area contributed by atoms with Crippen LogP contribution >= 0.6 is 0 Å². The first-order chi connectivity index (χ1) is 7.50. The lowest BCUT2D eigenvalue weighted by molar-refractivity contribution is -0.142. The Labute approximate surface area is 95.6 Å². The molecule has 5 heteroatoms. The first-order valence-corrected chi connectivity index (χ1v) is 5.73. The van der Waals surface area contributed by atoms with E-state index in [1.165, 1.54) is 12.8 Å². The van der Waals surface area contributed by atoms with Crippen LogP contribution in [0, 0.1) is 11.8 Å². The second-order valence-electron chi connectivity index (χ2n) is 4.70. The number of aliphatic carboxylic acids is 1. The van der Waals surface area contributed by atoms with Crippen molar-refractivity contribution in [2.75, 3.05) is 13.1 Å². The Morgan fingerprint density at radius 2 is 2.00 bits per heavy atom. The fraction of sp³-hybridized carbons (Fsp3) is 0.818. The van der Waals surface area contributed by atoms with Crippen LogP contribution in [0.4, 0.5) is 0 Å². The number of carbonyl (C=O) groups is 2. The van der Waals surface area contributed by atoms with Gasteiger partial charge in [0.2, 0.25) is 5.91 Å². The standard InChI is InChI=1S/C11H20N2O3/c1-7(2)10(11(15)16)13-9(14)6-12-5-8-3-4-8/h7-8,10,12H,3-6H2,1-2H3,(H,13,14)(H,15,16). The first-order valence-electron chi connectivity index (χ1n) is 5.73. The van der Waals surface area contributed by atoms with E-state index in [2.05, 4.69) is 10.6 Å². The Morgan fingerprint density at radius 3 is 2.44 bits per heavy atom. The van der Waals surface area contributed by atoms with Crippen molar-refractivity contribution < 1.29 is 14.7 Å². The van der Waals surface area contributed by atoms with E-state index in [1.54, 1.807) is 13.8 Å². The minimum Gasteiger partial charge on any atom is -0.480 e. The summed E-state index contributed by atoms with van der Waals surface area (Å²) in [5.41, 5.74) is 0. The Kier molecular flexibility index (Phi) is 4.73. The van der Waals surface area contributed by atoms with Crippen LogP contribution in [-0.2, 0) is 9.59 Å². The zero-order valence-corrected chi connectivity index (χ0v) is 9.82. The Morgan fingerprint density at radius 1 is 1.38 bits per heavy atom. The number of carboxylic acids is 1. The van der Waals surface area contributed by atoms with E-state index in [-0.39, 0.29) is 18.4 Å². The summed E-state index contributed by atoms with van der Waals surface area (Å²) in [6.45, 7) is 4.60. The highest BCUT2D eigenvalue weighted by Crippen LogP contribution is 2.27. The molecule has 1 amide bonds. The van der Waals surface area contributed by atoms with Crippen LogP contribution in [-0.4, -0.2) is 36.1 Å². The molecule has 0 aromatic heterocycles. The van der Waals surface area contributed by atoms with E-state index < -0.39 is 12.0 Å².